The van der Waals surface area contributed by atoms with Crippen LogP contribution in [0.5, 0.6) is 0 Å². The highest BCUT2D eigenvalue weighted by atomic mass is 31.2. The van der Waals surface area contributed by atoms with E-state index in [2.05, 4.69) is 27.7 Å². The van der Waals surface area contributed by atoms with E-state index < -0.39 is 97.5 Å². The van der Waals surface area contributed by atoms with Gasteiger partial charge in [-0.3, -0.25) is 37.3 Å². The topological polar surface area (TPSA) is 237 Å². The van der Waals surface area contributed by atoms with E-state index in [1.54, 1.807) is 0 Å². The number of phosphoric acid groups is 2. The van der Waals surface area contributed by atoms with E-state index in [-0.39, 0.29) is 25.7 Å². The zero-order valence-electron chi connectivity index (χ0n) is 58.1. The molecule has 19 heteroatoms. The molecule has 90 heavy (non-hydrogen) atoms. The summed E-state index contributed by atoms with van der Waals surface area (Å²) in [6.07, 6.45) is 54.5. The third-order valence-electron chi connectivity index (χ3n) is 16.6. The van der Waals surface area contributed by atoms with Crippen molar-refractivity contribution in [1.82, 2.24) is 0 Å². The minimum absolute atomic E-state index is 0.106. The largest absolute Gasteiger partial charge is 0.472 e. The Hall–Kier alpha value is -1.94. The number of aliphatic hydroxyl groups excluding tert-OH is 1. The van der Waals surface area contributed by atoms with Gasteiger partial charge in [0.15, 0.2) is 12.2 Å². The van der Waals surface area contributed by atoms with Crippen molar-refractivity contribution in [3.8, 4) is 0 Å². The molecule has 0 aliphatic heterocycles. The Morgan fingerprint density at radius 2 is 0.444 bits per heavy atom. The molecule has 0 aromatic carbocycles. The fourth-order valence-electron chi connectivity index (χ4n) is 10.9. The molecule has 0 aliphatic carbocycles. The van der Waals surface area contributed by atoms with Crippen LogP contribution in [-0.4, -0.2) is 96.7 Å². The fourth-order valence-corrected chi connectivity index (χ4v) is 12.4. The SMILES string of the molecule is CCCCCCCCCCCCCCCCCCCCCCC(=O)O[C@H](COC(=O)CCCCCCCCCCCCCCCC)COP(=O)(O)OC[C@@H](O)COP(=O)(O)OC[C@@H](COC(=O)CCCCCCC)OC(=O)CCCCCCCCCCCCC. The number of hydrogen-bond donors (Lipinski definition) is 3. The van der Waals surface area contributed by atoms with Gasteiger partial charge < -0.3 is 33.8 Å². The highest BCUT2D eigenvalue weighted by Gasteiger charge is 2.30. The van der Waals surface area contributed by atoms with Crippen molar-refractivity contribution in [1.29, 1.82) is 0 Å². The molecule has 0 aromatic heterocycles. The summed E-state index contributed by atoms with van der Waals surface area (Å²) in [6.45, 7) is 4.86. The molecule has 0 saturated heterocycles. The average Bonchev–Trinajstić information content (AvgIpc) is 3.72. The number of aliphatic hydroxyl groups is 1. The van der Waals surface area contributed by atoms with Gasteiger partial charge >= 0.3 is 39.5 Å². The summed E-state index contributed by atoms with van der Waals surface area (Å²) in [5.74, 6) is -2.13. The van der Waals surface area contributed by atoms with Gasteiger partial charge in [0.1, 0.15) is 19.3 Å². The maximum absolute atomic E-state index is 13.0. The van der Waals surface area contributed by atoms with Crippen molar-refractivity contribution < 1.29 is 80.2 Å². The Bertz CT molecular complexity index is 1720. The van der Waals surface area contributed by atoms with Gasteiger partial charge in [0.05, 0.1) is 26.4 Å². The van der Waals surface area contributed by atoms with Crippen molar-refractivity contribution in [3.63, 3.8) is 0 Å². The lowest BCUT2D eigenvalue weighted by Crippen LogP contribution is -2.30. The quantitative estimate of drug-likeness (QED) is 0.0222. The number of phosphoric ester groups is 2. The zero-order valence-corrected chi connectivity index (χ0v) is 59.9. The molecule has 0 aromatic rings. The minimum Gasteiger partial charge on any atom is -0.462 e. The third-order valence-corrected chi connectivity index (χ3v) is 18.5. The van der Waals surface area contributed by atoms with E-state index in [1.807, 2.05) is 0 Å². The minimum atomic E-state index is -4.95. The average molecular weight is 1330 g/mol. The highest BCUT2D eigenvalue weighted by molar-refractivity contribution is 7.47. The Balaban J connectivity index is 5.12. The molecule has 0 amide bonds. The van der Waals surface area contributed by atoms with Crippen LogP contribution in [0.4, 0.5) is 0 Å². The van der Waals surface area contributed by atoms with Crippen LogP contribution in [0.1, 0.15) is 374 Å². The van der Waals surface area contributed by atoms with E-state index >= 15 is 0 Å². The summed E-state index contributed by atoms with van der Waals surface area (Å²) in [5, 5.41) is 10.6. The molecule has 0 spiro atoms. The molecule has 0 bridgehead atoms. The maximum Gasteiger partial charge on any atom is 0.472 e. The zero-order chi connectivity index (χ0) is 66.1. The van der Waals surface area contributed by atoms with Gasteiger partial charge in [-0.05, 0) is 25.7 Å². The molecule has 17 nitrogen and oxygen atoms in total. The Labute approximate surface area is 549 Å². The number of unbranched alkanes of at least 4 members (excludes halogenated alkanes) is 46. The molecule has 0 radical (unpaired) electrons. The number of carbonyl (C=O) groups is 4. The second kappa shape index (κ2) is 65.7. The highest BCUT2D eigenvalue weighted by Crippen LogP contribution is 2.45. The lowest BCUT2D eigenvalue weighted by Gasteiger charge is -2.21. The van der Waals surface area contributed by atoms with Gasteiger partial charge in [0.2, 0.25) is 0 Å². The molecule has 0 fully saturated rings. The summed E-state index contributed by atoms with van der Waals surface area (Å²) < 4.78 is 68.1. The van der Waals surface area contributed by atoms with Crippen LogP contribution in [0, 0.1) is 0 Å². The number of esters is 4. The lowest BCUT2D eigenvalue weighted by atomic mass is 10.0. The summed E-state index contributed by atoms with van der Waals surface area (Å²) in [4.78, 5) is 72.3. The molecule has 0 rings (SSSR count). The Kier molecular flexibility index (Phi) is 64.3. The molecular formula is C71H138O17P2. The van der Waals surface area contributed by atoms with E-state index in [0.717, 1.165) is 96.3 Å². The van der Waals surface area contributed by atoms with Crippen molar-refractivity contribution in [3.05, 3.63) is 0 Å². The smallest absolute Gasteiger partial charge is 0.462 e. The summed E-state index contributed by atoms with van der Waals surface area (Å²) in [6, 6.07) is 0. The van der Waals surface area contributed by atoms with E-state index in [0.29, 0.717) is 25.7 Å². The number of hydrogen-bond acceptors (Lipinski definition) is 15. The van der Waals surface area contributed by atoms with Gasteiger partial charge in [-0.1, -0.05) is 323 Å². The molecule has 5 atom stereocenters. The summed E-state index contributed by atoms with van der Waals surface area (Å²) in [7, 11) is -9.89. The number of carbonyl (C=O) groups excluding carboxylic acids is 4. The van der Waals surface area contributed by atoms with Gasteiger partial charge in [0, 0.05) is 25.7 Å². The first-order valence-corrected chi connectivity index (χ1v) is 40.3. The van der Waals surface area contributed by atoms with E-state index in [9.17, 15) is 43.2 Å². The fraction of sp³-hybridized carbons (Fsp3) is 0.944. The molecule has 0 heterocycles. The first kappa shape index (κ1) is 88.1. The van der Waals surface area contributed by atoms with Crippen molar-refractivity contribution in [2.75, 3.05) is 39.6 Å². The Morgan fingerprint density at radius 3 is 0.656 bits per heavy atom. The van der Waals surface area contributed by atoms with Crippen molar-refractivity contribution in [2.24, 2.45) is 0 Å². The van der Waals surface area contributed by atoms with E-state index in [4.69, 9.17) is 37.0 Å². The monoisotopic (exact) mass is 1320 g/mol. The Morgan fingerprint density at radius 1 is 0.267 bits per heavy atom. The maximum atomic E-state index is 13.0. The first-order valence-electron chi connectivity index (χ1n) is 37.3. The van der Waals surface area contributed by atoms with Crippen LogP contribution in [0.3, 0.4) is 0 Å². The number of ether oxygens (including phenoxy) is 4. The standard InChI is InChI=1S/C71H138O17P2/c1-5-9-13-17-20-23-26-28-30-31-32-33-34-35-37-40-43-46-50-54-58-71(76)88-67(62-82-69(74)56-52-48-44-41-39-36-29-27-24-21-18-14-10-6-2)64-86-90(79,80)84-60-65(72)59-83-89(77,78)85-63-66(61-81-68(73)55-51-47-16-12-8-4)87-70(75)57-53-49-45-42-38-25-22-19-15-11-7-3/h65-67,72H,5-64H2,1-4H3,(H,77,78)(H,79,80)/t65-,66+,67+/m0/s1. The second-order valence-electron chi connectivity index (χ2n) is 25.6. The van der Waals surface area contributed by atoms with Crippen molar-refractivity contribution in [2.45, 2.75) is 393 Å². The van der Waals surface area contributed by atoms with Gasteiger partial charge in [0.25, 0.3) is 0 Å². The van der Waals surface area contributed by atoms with Crippen LogP contribution in [0.15, 0.2) is 0 Å². The van der Waals surface area contributed by atoms with Gasteiger partial charge in [-0.15, -0.1) is 0 Å². The molecule has 534 valence electrons. The molecular weight excluding hydrogens is 1190 g/mol. The normalized spacial score (nSPS) is 14.0. The van der Waals surface area contributed by atoms with Crippen LogP contribution >= 0.6 is 15.6 Å². The molecule has 3 N–H and O–H groups in total. The van der Waals surface area contributed by atoms with Crippen LogP contribution in [0.25, 0.3) is 0 Å². The van der Waals surface area contributed by atoms with Gasteiger partial charge in [-0.25, -0.2) is 9.13 Å². The third kappa shape index (κ3) is 64.8. The second-order valence-corrected chi connectivity index (χ2v) is 28.5. The van der Waals surface area contributed by atoms with E-state index in [1.165, 1.54) is 199 Å². The summed E-state index contributed by atoms with van der Waals surface area (Å²) in [5.41, 5.74) is 0. The predicted octanol–water partition coefficient (Wildman–Crippen LogP) is 20.7. The van der Waals surface area contributed by atoms with Crippen LogP contribution in [-0.2, 0) is 65.4 Å². The predicted molar refractivity (Wildman–Crippen MR) is 363 cm³/mol. The molecule has 0 saturated carbocycles. The van der Waals surface area contributed by atoms with Crippen LogP contribution in [0.2, 0.25) is 0 Å². The number of rotatable bonds is 72. The van der Waals surface area contributed by atoms with Crippen molar-refractivity contribution >= 4 is 39.5 Å². The summed E-state index contributed by atoms with van der Waals surface area (Å²) >= 11 is 0. The molecule has 2 unspecified atom stereocenters. The van der Waals surface area contributed by atoms with Gasteiger partial charge in [-0.2, -0.15) is 0 Å². The van der Waals surface area contributed by atoms with Crippen LogP contribution < -0.4 is 0 Å². The molecule has 0 aliphatic rings. The lowest BCUT2D eigenvalue weighted by molar-refractivity contribution is -0.161. The first-order chi connectivity index (χ1) is 43.7.